The molecule has 4 nitrogen and oxygen atoms in total. The zero-order valence-corrected chi connectivity index (χ0v) is 16.5. The Morgan fingerprint density at radius 1 is 1.28 bits per heavy atom. The Bertz CT molecular complexity index is 691. The highest BCUT2D eigenvalue weighted by Crippen LogP contribution is 2.30. The third-order valence-electron chi connectivity index (χ3n) is 4.61. The summed E-state index contributed by atoms with van der Waals surface area (Å²) in [6, 6.07) is 4.44. The standard InChI is InChI=1S/C19H27ClO4S/c1-14(2)9-10-25(22,23)17-7-8-19(18(20)12-17)24-13-16(21)11-15-5-3-4-6-15/h7-8,12,14-15H,3-6,9-11,13H2,1-2H3. The van der Waals surface area contributed by atoms with Crippen LogP contribution in [0.4, 0.5) is 0 Å². The van der Waals surface area contributed by atoms with Crippen LogP contribution in [0.25, 0.3) is 0 Å². The lowest BCUT2D eigenvalue weighted by Gasteiger charge is -2.12. The number of benzene rings is 1. The van der Waals surface area contributed by atoms with E-state index in [-0.39, 0.29) is 28.1 Å². The third kappa shape index (κ3) is 6.30. The van der Waals surface area contributed by atoms with Crippen LogP contribution in [-0.4, -0.2) is 26.6 Å². The first-order valence-corrected chi connectivity index (χ1v) is 11.0. The quantitative estimate of drug-likeness (QED) is 0.617. The van der Waals surface area contributed by atoms with E-state index in [1.165, 1.54) is 31.0 Å². The Hall–Kier alpha value is -1.07. The van der Waals surface area contributed by atoms with E-state index in [1.807, 2.05) is 13.8 Å². The number of ketones is 1. The van der Waals surface area contributed by atoms with Gasteiger partial charge in [-0.3, -0.25) is 4.79 Å². The van der Waals surface area contributed by atoms with Gasteiger partial charge in [0.2, 0.25) is 0 Å². The first-order chi connectivity index (χ1) is 11.8. The summed E-state index contributed by atoms with van der Waals surface area (Å²) in [6.07, 6.45) is 5.81. The average Bonchev–Trinajstić information content (AvgIpc) is 3.04. The van der Waals surface area contributed by atoms with Gasteiger partial charge in [-0.25, -0.2) is 8.42 Å². The van der Waals surface area contributed by atoms with Crippen LogP contribution in [0.2, 0.25) is 5.02 Å². The molecule has 0 bridgehead atoms. The Labute approximate surface area is 155 Å². The molecule has 0 spiro atoms. The SMILES string of the molecule is CC(C)CCS(=O)(=O)c1ccc(OCC(=O)CC2CCCC2)c(Cl)c1. The number of Topliss-reactive ketones (excluding diaryl/α,β-unsaturated/α-hetero) is 1. The summed E-state index contributed by atoms with van der Waals surface area (Å²) in [6.45, 7) is 3.96. The molecule has 1 aliphatic rings. The van der Waals surface area contributed by atoms with Crippen molar-refractivity contribution in [1.82, 2.24) is 0 Å². The predicted molar refractivity (Wildman–Crippen MR) is 100 cm³/mol. The Morgan fingerprint density at radius 3 is 2.56 bits per heavy atom. The van der Waals surface area contributed by atoms with Crippen molar-refractivity contribution in [3.63, 3.8) is 0 Å². The van der Waals surface area contributed by atoms with Gasteiger partial charge in [0.05, 0.1) is 15.7 Å². The number of carbonyl (C=O) groups is 1. The van der Waals surface area contributed by atoms with Crippen LogP contribution in [0.15, 0.2) is 23.1 Å². The van der Waals surface area contributed by atoms with E-state index in [4.69, 9.17) is 16.3 Å². The monoisotopic (exact) mass is 386 g/mol. The summed E-state index contributed by atoms with van der Waals surface area (Å²) in [5.74, 6) is 1.32. The second kappa shape index (κ2) is 9.04. The summed E-state index contributed by atoms with van der Waals surface area (Å²) in [5.41, 5.74) is 0. The van der Waals surface area contributed by atoms with Crippen LogP contribution in [0.3, 0.4) is 0 Å². The van der Waals surface area contributed by atoms with Crippen molar-refractivity contribution in [2.45, 2.75) is 57.3 Å². The lowest BCUT2D eigenvalue weighted by atomic mass is 10.0. The molecule has 1 aromatic rings. The number of carbonyl (C=O) groups excluding carboxylic acids is 1. The highest BCUT2D eigenvalue weighted by molar-refractivity contribution is 7.91. The zero-order valence-electron chi connectivity index (χ0n) is 15.0. The van der Waals surface area contributed by atoms with E-state index in [9.17, 15) is 13.2 Å². The zero-order chi connectivity index (χ0) is 18.4. The first kappa shape index (κ1) is 20.2. The third-order valence-corrected chi connectivity index (χ3v) is 6.65. The van der Waals surface area contributed by atoms with Crippen molar-refractivity contribution in [3.05, 3.63) is 23.2 Å². The minimum absolute atomic E-state index is 0.0182. The van der Waals surface area contributed by atoms with Crippen LogP contribution >= 0.6 is 11.6 Å². The van der Waals surface area contributed by atoms with Crippen molar-refractivity contribution in [2.24, 2.45) is 11.8 Å². The van der Waals surface area contributed by atoms with Crippen LogP contribution in [0.5, 0.6) is 5.75 Å². The second-order valence-electron chi connectivity index (χ2n) is 7.28. The van der Waals surface area contributed by atoms with Gasteiger partial charge in [-0.1, -0.05) is 51.1 Å². The summed E-state index contributed by atoms with van der Waals surface area (Å²) >= 11 is 6.15. The van der Waals surface area contributed by atoms with Gasteiger partial charge < -0.3 is 4.74 Å². The second-order valence-corrected chi connectivity index (χ2v) is 9.79. The van der Waals surface area contributed by atoms with E-state index in [0.717, 1.165) is 12.8 Å². The normalized spacial score (nSPS) is 15.7. The van der Waals surface area contributed by atoms with Crippen LogP contribution in [-0.2, 0) is 14.6 Å². The smallest absolute Gasteiger partial charge is 0.178 e. The molecule has 0 aliphatic heterocycles. The topological polar surface area (TPSA) is 60.4 Å². The Balaban J connectivity index is 1.93. The molecule has 1 saturated carbocycles. The molecule has 0 aromatic heterocycles. The number of ether oxygens (including phenoxy) is 1. The van der Waals surface area contributed by atoms with Crippen LogP contribution < -0.4 is 4.74 Å². The van der Waals surface area contributed by atoms with Crippen molar-refractivity contribution in [3.8, 4) is 5.75 Å². The van der Waals surface area contributed by atoms with Crippen molar-refractivity contribution >= 4 is 27.2 Å². The summed E-state index contributed by atoms with van der Waals surface area (Å²) in [7, 11) is -3.35. The molecule has 0 radical (unpaired) electrons. The molecule has 2 rings (SSSR count). The highest BCUT2D eigenvalue weighted by Gasteiger charge is 2.20. The molecule has 0 heterocycles. The fourth-order valence-electron chi connectivity index (χ4n) is 3.05. The van der Waals surface area contributed by atoms with Gasteiger partial charge >= 0.3 is 0 Å². The van der Waals surface area contributed by atoms with E-state index in [0.29, 0.717) is 30.4 Å². The van der Waals surface area contributed by atoms with E-state index >= 15 is 0 Å². The molecule has 25 heavy (non-hydrogen) atoms. The van der Waals surface area contributed by atoms with Crippen LogP contribution in [0.1, 0.15) is 52.4 Å². The van der Waals surface area contributed by atoms with Gasteiger partial charge in [0, 0.05) is 6.42 Å². The molecule has 140 valence electrons. The largest absolute Gasteiger partial charge is 0.484 e. The molecule has 0 saturated heterocycles. The Kier molecular flexibility index (Phi) is 7.32. The van der Waals surface area contributed by atoms with Gasteiger partial charge in [-0.05, 0) is 36.5 Å². The maximum atomic E-state index is 12.3. The predicted octanol–water partition coefficient (Wildman–Crippen LogP) is 4.69. The fraction of sp³-hybridized carbons (Fsp3) is 0.632. The maximum absolute atomic E-state index is 12.3. The van der Waals surface area contributed by atoms with Crippen molar-refractivity contribution in [2.75, 3.05) is 12.4 Å². The van der Waals surface area contributed by atoms with E-state index in [2.05, 4.69) is 0 Å². The number of rotatable bonds is 9. The maximum Gasteiger partial charge on any atom is 0.178 e. The van der Waals surface area contributed by atoms with Crippen LogP contribution in [0, 0.1) is 11.8 Å². The summed E-state index contributed by atoms with van der Waals surface area (Å²) in [4.78, 5) is 12.2. The van der Waals surface area contributed by atoms with Gasteiger partial charge in [0.1, 0.15) is 12.4 Å². The van der Waals surface area contributed by atoms with Gasteiger partial charge in [0.25, 0.3) is 0 Å². The molecule has 0 amide bonds. The number of sulfone groups is 1. The molecule has 1 fully saturated rings. The lowest BCUT2D eigenvalue weighted by Crippen LogP contribution is -2.15. The van der Waals surface area contributed by atoms with Gasteiger partial charge in [0.15, 0.2) is 15.6 Å². The lowest BCUT2D eigenvalue weighted by molar-refractivity contribution is -0.121. The Morgan fingerprint density at radius 2 is 1.96 bits per heavy atom. The molecule has 0 unspecified atom stereocenters. The van der Waals surface area contributed by atoms with Crippen molar-refractivity contribution in [1.29, 1.82) is 0 Å². The van der Waals surface area contributed by atoms with E-state index in [1.54, 1.807) is 0 Å². The molecular formula is C19H27ClO4S. The summed E-state index contributed by atoms with van der Waals surface area (Å²) < 4.78 is 30.1. The molecule has 6 heteroatoms. The molecule has 0 N–H and O–H groups in total. The molecular weight excluding hydrogens is 360 g/mol. The number of hydrogen-bond acceptors (Lipinski definition) is 4. The number of halogens is 1. The highest BCUT2D eigenvalue weighted by atomic mass is 35.5. The van der Waals surface area contributed by atoms with Gasteiger partial charge in [-0.15, -0.1) is 0 Å². The molecule has 1 aromatic carbocycles. The fourth-order valence-corrected chi connectivity index (χ4v) is 4.94. The minimum atomic E-state index is -3.35. The average molecular weight is 387 g/mol. The first-order valence-electron chi connectivity index (χ1n) is 8.94. The number of hydrogen-bond donors (Lipinski definition) is 0. The summed E-state index contributed by atoms with van der Waals surface area (Å²) in [5, 5.41) is 0.222. The van der Waals surface area contributed by atoms with E-state index < -0.39 is 9.84 Å². The van der Waals surface area contributed by atoms with Gasteiger partial charge in [-0.2, -0.15) is 0 Å². The minimum Gasteiger partial charge on any atom is -0.484 e. The molecule has 0 atom stereocenters. The molecule has 1 aliphatic carbocycles. The van der Waals surface area contributed by atoms with Crippen molar-refractivity contribution < 1.29 is 17.9 Å².